The van der Waals surface area contributed by atoms with Crippen molar-refractivity contribution in [3.63, 3.8) is 0 Å². The number of rotatable bonds is 4. The SMILES string of the molecule is COc1ccccc1CC(N)c1cc(C)cnc1N. The van der Waals surface area contributed by atoms with Gasteiger partial charge in [0.1, 0.15) is 11.6 Å². The molecule has 1 heterocycles. The van der Waals surface area contributed by atoms with Crippen molar-refractivity contribution in [2.75, 3.05) is 12.8 Å². The van der Waals surface area contributed by atoms with E-state index >= 15 is 0 Å². The summed E-state index contributed by atoms with van der Waals surface area (Å²) >= 11 is 0. The number of nitrogen functional groups attached to an aromatic ring is 1. The summed E-state index contributed by atoms with van der Waals surface area (Å²) in [5.74, 6) is 1.34. The first kappa shape index (κ1) is 13.4. The number of para-hydroxylation sites is 1. The minimum atomic E-state index is -0.191. The van der Waals surface area contributed by atoms with Crippen LogP contribution in [0.2, 0.25) is 0 Å². The second kappa shape index (κ2) is 5.71. The number of anilines is 1. The molecule has 0 fully saturated rings. The lowest BCUT2D eigenvalue weighted by Crippen LogP contribution is -2.16. The highest BCUT2D eigenvalue weighted by Crippen LogP contribution is 2.25. The van der Waals surface area contributed by atoms with E-state index in [-0.39, 0.29) is 6.04 Å². The summed E-state index contributed by atoms with van der Waals surface area (Å²) in [6, 6.07) is 9.66. The molecule has 4 heteroatoms. The summed E-state index contributed by atoms with van der Waals surface area (Å²) in [7, 11) is 1.66. The topological polar surface area (TPSA) is 74.2 Å². The zero-order valence-corrected chi connectivity index (χ0v) is 11.3. The summed E-state index contributed by atoms with van der Waals surface area (Å²) < 4.78 is 5.33. The van der Waals surface area contributed by atoms with E-state index in [1.165, 1.54) is 0 Å². The third-order valence-corrected chi connectivity index (χ3v) is 3.12. The van der Waals surface area contributed by atoms with E-state index in [2.05, 4.69) is 4.98 Å². The molecule has 0 spiro atoms. The van der Waals surface area contributed by atoms with E-state index in [1.807, 2.05) is 37.3 Å². The smallest absolute Gasteiger partial charge is 0.128 e. The Labute approximate surface area is 113 Å². The largest absolute Gasteiger partial charge is 0.496 e. The van der Waals surface area contributed by atoms with Crippen LogP contribution in [0.25, 0.3) is 0 Å². The van der Waals surface area contributed by atoms with Gasteiger partial charge in [-0.15, -0.1) is 0 Å². The van der Waals surface area contributed by atoms with E-state index in [0.717, 1.165) is 22.4 Å². The van der Waals surface area contributed by atoms with Gasteiger partial charge in [0.25, 0.3) is 0 Å². The number of ether oxygens (including phenoxy) is 1. The van der Waals surface area contributed by atoms with Gasteiger partial charge in [0.15, 0.2) is 0 Å². The van der Waals surface area contributed by atoms with Gasteiger partial charge in [0.05, 0.1) is 7.11 Å². The molecule has 4 N–H and O–H groups in total. The van der Waals surface area contributed by atoms with Crippen LogP contribution in [-0.2, 0) is 6.42 Å². The van der Waals surface area contributed by atoms with Crippen LogP contribution in [0.5, 0.6) is 5.75 Å². The molecule has 0 saturated carbocycles. The molecule has 1 aromatic heterocycles. The highest BCUT2D eigenvalue weighted by atomic mass is 16.5. The Morgan fingerprint density at radius 1 is 1.32 bits per heavy atom. The van der Waals surface area contributed by atoms with Crippen molar-refractivity contribution in [3.05, 3.63) is 53.2 Å². The number of nitrogens with zero attached hydrogens (tertiary/aromatic N) is 1. The molecule has 0 aliphatic heterocycles. The van der Waals surface area contributed by atoms with Gasteiger partial charge in [-0.05, 0) is 36.6 Å². The fraction of sp³-hybridized carbons (Fsp3) is 0.267. The molecule has 0 bridgehead atoms. The molecule has 0 saturated heterocycles. The number of methoxy groups -OCH3 is 1. The van der Waals surface area contributed by atoms with Crippen molar-refractivity contribution in [2.24, 2.45) is 5.73 Å². The number of pyridine rings is 1. The van der Waals surface area contributed by atoms with E-state index < -0.39 is 0 Å². The molecule has 2 rings (SSSR count). The highest BCUT2D eigenvalue weighted by molar-refractivity contribution is 5.44. The van der Waals surface area contributed by atoms with Crippen molar-refractivity contribution in [1.29, 1.82) is 0 Å². The second-order valence-corrected chi connectivity index (χ2v) is 4.61. The number of nitrogens with two attached hydrogens (primary N) is 2. The molecule has 0 aliphatic carbocycles. The molecule has 1 aromatic carbocycles. The van der Waals surface area contributed by atoms with Crippen LogP contribution in [0.4, 0.5) is 5.82 Å². The maximum atomic E-state index is 6.24. The molecular formula is C15H19N3O. The van der Waals surface area contributed by atoms with E-state index in [9.17, 15) is 0 Å². The maximum absolute atomic E-state index is 6.24. The number of hydrogen-bond acceptors (Lipinski definition) is 4. The van der Waals surface area contributed by atoms with E-state index in [4.69, 9.17) is 16.2 Å². The lowest BCUT2D eigenvalue weighted by atomic mass is 9.98. The third kappa shape index (κ3) is 3.03. The monoisotopic (exact) mass is 257 g/mol. The predicted octanol–water partition coefficient (Wildman–Crippen LogP) is 2.22. The van der Waals surface area contributed by atoms with Gasteiger partial charge < -0.3 is 16.2 Å². The van der Waals surface area contributed by atoms with Crippen LogP contribution >= 0.6 is 0 Å². The summed E-state index contributed by atoms with van der Waals surface area (Å²) in [4.78, 5) is 4.15. The first-order chi connectivity index (χ1) is 9.11. The van der Waals surface area contributed by atoms with Crippen LogP contribution in [0.3, 0.4) is 0 Å². The van der Waals surface area contributed by atoms with Crippen molar-refractivity contribution in [1.82, 2.24) is 4.98 Å². The van der Waals surface area contributed by atoms with Crippen LogP contribution in [0, 0.1) is 6.92 Å². The van der Waals surface area contributed by atoms with Gasteiger partial charge in [0, 0.05) is 17.8 Å². The summed E-state index contributed by atoms with van der Waals surface area (Å²) in [6.07, 6.45) is 2.41. The molecule has 19 heavy (non-hydrogen) atoms. The average Bonchev–Trinajstić information content (AvgIpc) is 2.42. The Morgan fingerprint density at radius 3 is 2.79 bits per heavy atom. The molecule has 100 valence electrons. The Balaban J connectivity index is 2.25. The van der Waals surface area contributed by atoms with Crippen molar-refractivity contribution >= 4 is 5.82 Å². The zero-order chi connectivity index (χ0) is 13.8. The lowest BCUT2D eigenvalue weighted by Gasteiger charge is -2.16. The Kier molecular flexibility index (Phi) is 4.02. The van der Waals surface area contributed by atoms with Crippen molar-refractivity contribution in [3.8, 4) is 5.75 Å². The van der Waals surface area contributed by atoms with Gasteiger partial charge in [-0.1, -0.05) is 18.2 Å². The molecule has 0 aliphatic rings. The Hall–Kier alpha value is -2.07. The fourth-order valence-electron chi connectivity index (χ4n) is 2.12. The average molecular weight is 257 g/mol. The normalized spacial score (nSPS) is 12.2. The van der Waals surface area contributed by atoms with Crippen LogP contribution in [0.1, 0.15) is 22.7 Å². The Morgan fingerprint density at radius 2 is 2.05 bits per heavy atom. The number of aromatic nitrogens is 1. The summed E-state index contributed by atoms with van der Waals surface area (Å²) in [5.41, 5.74) is 15.1. The lowest BCUT2D eigenvalue weighted by molar-refractivity contribution is 0.408. The van der Waals surface area contributed by atoms with Gasteiger partial charge in [-0.25, -0.2) is 4.98 Å². The van der Waals surface area contributed by atoms with Crippen molar-refractivity contribution < 1.29 is 4.74 Å². The summed E-state index contributed by atoms with van der Waals surface area (Å²) in [5, 5.41) is 0. The fourth-order valence-corrected chi connectivity index (χ4v) is 2.12. The van der Waals surface area contributed by atoms with Gasteiger partial charge in [0.2, 0.25) is 0 Å². The van der Waals surface area contributed by atoms with Gasteiger partial charge >= 0.3 is 0 Å². The van der Waals surface area contributed by atoms with Crippen LogP contribution < -0.4 is 16.2 Å². The Bertz CT molecular complexity index is 569. The maximum Gasteiger partial charge on any atom is 0.128 e. The van der Waals surface area contributed by atoms with Crippen LogP contribution in [0.15, 0.2) is 36.5 Å². The second-order valence-electron chi connectivity index (χ2n) is 4.61. The quantitative estimate of drug-likeness (QED) is 0.880. The molecule has 1 atom stereocenters. The highest BCUT2D eigenvalue weighted by Gasteiger charge is 2.13. The third-order valence-electron chi connectivity index (χ3n) is 3.12. The first-order valence-electron chi connectivity index (χ1n) is 6.21. The molecule has 1 unspecified atom stereocenters. The van der Waals surface area contributed by atoms with Gasteiger partial charge in [-0.3, -0.25) is 0 Å². The molecule has 0 amide bonds. The predicted molar refractivity (Wildman–Crippen MR) is 77.0 cm³/mol. The zero-order valence-electron chi connectivity index (χ0n) is 11.3. The molecule has 2 aromatic rings. The van der Waals surface area contributed by atoms with Crippen molar-refractivity contribution in [2.45, 2.75) is 19.4 Å². The number of benzene rings is 1. The number of hydrogen-bond donors (Lipinski definition) is 2. The molecular weight excluding hydrogens is 238 g/mol. The van der Waals surface area contributed by atoms with Gasteiger partial charge in [-0.2, -0.15) is 0 Å². The summed E-state index contributed by atoms with van der Waals surface area (Å²) in [6.45, 7) is 1.98. The first-order valence-corrected chi connectivity index (χ1v) is 6.21. The van der Waals surface area contributed by atoms with Crippen LogP contribution in [-0.4, -0.2) is 12.1 Å². The van der Waals surface area contributed by atoms with E-state index in [0.29, 0.717) is 12.2 Å². The molecule has 4 nitrogen and oxygen atoms in total. The minimum absolute atomic E-state index is 0.191. The minimum Gasteiger partial charge on any atom is -0.496 e. The number of aryl methyl sites for hydroxylation is 1. The standard InChI is InChI=1S/C15H19N3O/c1-10-7-12(15(17)18-9-10)13(16)8-11-5-3-4-6-14(11)19-2/h3-7,9,13H,8,16H2,1-2H3,(H2,17,18). The van der Waals surface area contributed by atoms with E-state index in [1.54, 1.807) is 13.3 Å². The molecule has 0 radical (unpaired) electrons.